The van der Waals surface area contributed by atoms with Crippen LogP contribution in [0.3, 0.4) is 0 Å². The van der Waals surface area contributed by atoms with E-state index in [0.717, 1.165) is 10.2 Å². The molecule has 3 aromatic rings. The second-order valence-corrected chi connectivity index (χ2v) is 6.09. The number of hydrogen-bond acceptors (Lipinski definition) is 6. The lowest BCUT2D eigenvalue weighted by Crippen LogP contribution is -2.34. The Labute approximate surface area is 150 Å². The van der Waals surface area contributed by atoms with Crippen LogP contribution in [-0.2, 0) is 16.1 Å². The maximum absolute atomic E-state index is 12.5. The van der Waals surface area contributed by atoms with Crippen molar-refractivity contribution in [3.63, 3.8) is 0 Å². The molecule has 25 heavy (non-hydrogen) atoms. The van der Waals surface area contributed by atoms with Crippen LogP contribution >= 0.6 is 15.9 Å². The number of nitrogens with one attached hydrogen (secondary N) is 1. The number of methoxy groups -OCH3 is 1. The molecule has 2 heterocycles. The van der Waals surface area contributed by atoms with E-state index in [1.807, 2.05) is 24.3 Å². The minimum atomic E-state index is -0.421. The van der Waals surface area contributed by atoms with Gasteiger partial charge in [0.1, 0.15) is 12.9 Å². The van der Waals surface area contributed by atoms with Gasteiger partial charge in [-0.05, 0) is 24.3 Å². The lowest BCUT2D eigenvalue weighted by atomic mass is 10.3. The highest BCUT2D eigenvalue weighted by atomic mass is 79.9. The number of aromatic nitrogens is 5. The SMILES string of the molecule is COCCNC(=O)Cn1cnc2c(nnn2-c2ccc(Br)cc2)c1=O. The first-order chi connectivity index (χ1) is 12.1. The molecule has 0 saturated carbocycles. The molecule has 0 aliphatic rings. The van der Waals surface area contributed by atoms with E-state index in [-0.39, 0.29) is 18.0 Å². The topological polar surface area (TPSA) is 104 Å². The van der Waals surface area contributed by atoms with Gasteiger partial charge in [-0.1, -0.05) is 21.1 Å². The number of halogens is 1. The summed E-state index contributed by atoms with van der Waals surface area (Å²) in [6.07, 6.45) is 1.32. The van der Waals surface area contributed by atoms with Crippen molar-refractivity contribution >= 4 is 33.0 Å². The van der Waals surface area contributed by atoms with Gasteiger partial charge in [-0.2, -0.15) is 4.68 Å². The Balaban J connectivity index is 1.87. The quantitative estimate of drug-likeness (QED) is 0.597. The van der Waals surface area contributed by atoms with E-state index in [1.54, 1.807) is 7.11 Å². The van der Waals surface area contributed by atoms with Crippen LogP contribution in [0.25, 0.3) is 16.9 Å². The molecule has 130 valence electrons. The van der Waals surface area contributed by atoms with E-state index in [4.69, 9.17) is 4.74 Å². The first-order valence-electron chi connectivity index (χ1n) is 7.42. The van der Waals surface area contributed by atoms with Crippen LogP contribution in [0.1, 0.15) is 0 Å². The van der Waals surface area contributed by atoms with Crippen LogP contribution in [0.2, 0.25) is 0 Å². The Bertz CT molecular complexity index is 950. The summed E-state index contributed by atoms with van der Waals surface area (Å²) in [5.74, 6) is -0.305. The molecule has 0 unspecified atom stereocenters. The standard InChI is InChI=1S/C15H15BrN6O3/c1-25-7-6-17-12(23)8-21-9-18-14-13(15(21)24)19-20-22(14)11-4-2-10(16)3-5-11/h2-5,9H,6-8H2,1H3,(H,17,23). The van der Waals surface area contributed by atoms with E-state index >= 15 is 0 Å². The zero-order valence-corrected chi connectivity index (χ0v) is 14.9. The third-order valence-electron chi connectivity index (χ3n) is 3.44. The molecule has 0 spiro atoms. The highest BCUT2D eigenvalue weighted by Crippen LogP contribution is 2.15. The van der Waals surface area contributed by atoms with Gasteiger partial charge >= 0.3 is 0 Å². The highest BCUT2D eigenvalue weighted by Gasteiger charge is 2.14. The average Bonchev–Trinajstić information content (AvgIpc) is 3.03. The van der Waals surface area contributed by atoms with E-state index < -0.39 is 5.56 Å². The van der Waals surface area contributed by atoms with Gasteiger partial charge in [0, 0.05) is 18.1 Å². The monoisotopic (exact) mass is 406 g/mol. The number of amides is 1. The molecule has 9 nitrogen and oxygen atoms in total. The molecule has 1 N–H and O–H groups in total. The zero-order chi connectivity index (χ0) is 17.8. The van der Waals surface area contributed by atoms with Crippen molar-refractivity contribution in [3.05, 3.63) is 45.4 Å². The van der Waals surface area contributed by atoms with E-state index in [0.29, 0.717) is 18.8 Å². The van der Waals surface area contributed by atoms with Gasteiger partial charge in [-0.3, -0.25) is 14.2 Å². The normalized spacial score (nSPS) is 11.0. The first kappa shape index (κ1) is 17.2. The summed E-state index contributed by atoms with van der Waals surface area (Å²) in [7, 11) is 1.54. The second kappa shape index (κ2) is 7.53. The van der Waals surface area contributed by atoms with Crippen LogP contribution in [-0.4, -0.2) is 50.7 Å². The number of hydrogen-bond donors (Lipinski definition) is 1. The van der Waals surface area contributed by atoms with Crippen molar-refractivity contribution in [1.82, 2.24) is 29.9 Å². The molecule has 0 fully saturated rings. The number of carbonyl (C=O) groups excluding carboxylic acids is 1. The largest absolute Gasteiger partial charge is 0.383 e. The zero-order valence-electron chi connectivity index (χ0n) is 13.3. The van der Waals surface area contributed by atoms with Crippen LogP contribution in [0.5, 0.6) is 0 Å². The number of fused-ring (bicyclic) bond motifs is 1. The lowest BCUT2D eigenvalue weighted by molar-refractivity contribution is -0.121. The highest BCUT2D eigenvalue weighted by molar-refractivity contribution is 9.10. The fourth-order valence-corrected chi connectivity index (χ4v) is 2.48. The molecule has 0 atom stereocenters. The fraction of sp³-hybridized carbons (Fsp3) is 0.267. The molecule has 1 aromatic carbocycles. The van der Waals surface area contributed by atoms with Crippen LogP contribution in [0.15, 0.2) is 39.9 Å². The molecule has 0 bridgehead atoms. The summed E-state index contributed by atoms with van der Waals surface area (Å²) in [5, 5.41) is 10.6. The Morgan fingerprint density at radius 2 is 2.08 bits per heavy atom. The average molecular weight is 407 g/mol. The third kappa shape index (κ3) is 3.74. The molecule has 2 aromatic heterocycles. The molecule has 0 saturated heterocycles. The summed E-state index contributed by atoms with van der Waals surface area (Å²) in [4.78, 5) is 28.6. The van der Waals surface area contributed by atoms with Gasteiger partial charge in [-0.25, -0.2) is 4.98 Å². The third-order valence-corrected chi connectivity index (χ3v) is 3.97. The van der Waals surface area contributed by atoms with Gasteiger partial charge in [0.25, 0.3) is 5.56 Å². The van der Waals surface area contributed by atoms with E-state index in [2.05, 4.69) is 36.5 Å². The number of benzene rings is 1. The Kier molecular flexibility index (Phi) is 5.19. The lowest BCUT2D eigenvalue weighted by Gasteiger charge is -2.06. The minimum Gasteiger partial charge on any atom is -0.383 e. The summed E-state index contributed by atoms with van der Waals surface area (Å²) in [6.45, 7) is 0.635. The summed E-state index contributed by atoms with van der Waals surface area (Å²) >= 11 is 3.36. The Morgan fingerprint density at radius 1 is 1.32 bits per heavy atom. The van der Waals surface area contributed by atoms with Crippen molar-refractivity contribution in [1.29, 1.82) is 0 Å². The molecular formula is C15H15BrN6O3. The molecule has 0 aliphatic carbocycles. The van der Waals surface area contributed by atoms with E-state index in [9.17, 15) is 9.59 Å². The maximum Gasteiger partial charge on any atom is 0.284 e. The number of carbonyl (C=O) groups is 1. The smallest absolute Gasteiger partial charge is 0.284 e. The van der Waals surface area contributed by atoms with Crippen LogP contribution < -0.4 is 10.9 Å². The molecule has 1 amide bonds. The Morgan fingerprint density at radius 3 is 2.80 bits per heavy atom. The van der Waals surface area contributed by atoms with Gasteiger partial charge in [-0.15, -0.1) is 5.10 Å². The van der Waals surface area contributed by atoms with Gasteiger partial charge in [0.15, 0.2) is 11.2 Å². The number of rotatable bonds is 6. The van der Waals surface area contributed by atoms with Crippen molar-refractivity contribution in [3.8, 4) is 5.69 Å². The summed E-state index contributed by atoms with van der Waals surface area (Å²) in [5.41, 5.74) is 0.751. The van der Waals surface area contributed by atoms with Gasteiger partial charge < -0.3 is 10.1 Å². The van der Waals surface area contributed by atoms with Crippen LogP contribution in [0.4, 0.5) is 0 Å². The van der Waals surface area contributed by atoms with E-state index in [1.165, 1.54) is 15.6 Å². The maximum atomic E-state index is 12.5. The van der Waals surface area contributed by atoms with Crippen molar-refractivity contribution in [2.24, 2.45) is 0 Å². The van der Waals surface area contributed by atoms with Crippen molar-refractivity contribution in [2.45, 2.75) is 6.54 Å². The molecule has 0 aliphatic heterocycles. The predicted octanol–water partition coefficient (Wildman–Crippen LogP) is 0.502. The van der Waals surface area contributed by atoms with Crippen LogP contribution in [0, 0.1) is 0 Å². The number of ether oxygens (including phenoxy) is 1. The van der Waals surface area contributed by atoms with Crippen molar-refractivity contribution in [2.75, 3.05) is 20.3 Å². The molecule has 3 rings (SSSR count). The molecule has 0 radical (unpaired) electrons. The Hall–Kier alpha value is -2.59. The summed E-state index contributed by atoms with van der Waals surface area (Å²) in [6, 6.07) is 7.37. The first-order valence-corrected chi connectivity index (χ1v) is 8.22. The predicted molar refractivity (Wildman–Crippen MR) is 93.5 cm³/mol. The van der Waals surface area contributed by atoms with Crippen molar-refractivity contribution < 1.29 is 9.53 Å². The molecular weight excluding hydrogens is 392 g/mol. The summed E-state index contributed by atoms with van der Waals surface area (Å²) < 4.78 is 8.46. The van der Waals surface area contributed by atoms with Gasteiger partial charge in [0.2, 0.25) is 5.91 Å². The second-order valence-electron chi connectivity index (χ2n) is 5.17. The number of nitrogens with zero attached hydrogens (tertiary/aromatic N) is 5. The fourth-order valence-electron chi connectivity index (χ4n) is 2.22. The molecule has 10 heteroatoms. The van der Waals surface area contributed by atoms with Gasteiger partial charge in [0.05, 0.1) is 12.3 Å². The minimum absolute atomic E-state index is 0.107.